The molecule has 3 N–H and O–H groups in total. The van der Waals surface area contributed by atoms with Gasteiger partial charge in [-0.15, -0.1) is 0 Å². The van der Waals surface area contributed by atoms with Gasteiger partial charge in [0.2, 0.25) is 11.8 Å². The second-order valence-electron chi connectivity index (χ2n) is 6.73. The number of benzene rings is 1. The third-order valence-electron chi connectivity index (χ3n) is 4.92. The van der Waals surface area contributed by atoms with E-state index in [1.54, 1.807) is 0 Å². The van der Waals surface area contributed by atoms with Gasteiger partial charge in [-0.05, 0) is 24.3 Å². The Bertz CT molecular complexity index is 547. The molecule has 5 nitrogen and oxygen atoms in total. The molecule has 1 aliphatic rings. The zero-order valence-electron chi connectivity index (χ0n) is 14.7. The van der Waals surface area contributed by atoms with E-state index in [1.165, 1.54) is 5.56 Å². The highest BCUT2D eigenvalue weighted by Crippen LogP contribution is 2.13. The van der Waals surface area contributed by atoms with E-state index < -0.39 is 6.04 Å². The van der Waals surface area contributed by atoms with Gasteiger partial charge in [-0.3, -0.25) is 9.59 Å². The Hall–Kier alpha value is -1.88. The predicted molar refractivity (Wildman–Crippen MR) is 95.3 cm³/mol. The second-order valence-corrected chi connectivity index (χ2v) is 6.73. The van der Waals surface area contributed by atoms with Crippen LogP contribution >= 0.6 is 0 Å². The Labute approximate surface area is 144 Å². The molecule has 0 aromatic heterocycles. The van der Waals surface area contributed by atoms with Gasteiger partial charge in [0, 0.05) is 25.6 Å². The van der Waals surface area contributed by atoms with E-state index in [4.69, 9.17) is 5.73 Å². The molecule has 5 heteroatoms. The molecule has 1 aromatic carbocycles. The maximum absolute atomic E-state index is 12.3. The summed E-state index contributed by atoms with van der Waals surface area (Å²) in [6, 6.07) is 9.57. The molecule has 1 saturated heterocycles. The Kier molecular flexibility index (Phi) is 6.79. The normalized spacial score (nSPS) is 19.8. The minimum atomic E-state index is -0.474. The van der Waals surface area contributed by atoms with Crippen molar-refractivity contribution in [3.63, 3.8) is 0 Å². The van der Waals surface area contributed by atoms with Crippen molar-refractivity contribution in [3.8, 4) is 0 Å². The third kappa shape index (κ3) is 5.06. The van der Waals surface area contributed by atoms with E-state index in [1.807, 2.05) is 49.1 Å². The molecule has 2 rings (SSSR count). The first-order chi connectivity index (χ1) is 11.5. The summed E-state index contributed by atoms with van der Waals surface area (Å²) in [7, 11) is 0. The van der Waals surface area contributed by atoms with E-state index in [0.717, 1.165) is 19.3 Å². The molecule has 1 fully saturated rings. The molecule has 3 atom stereocenters. The highest BCUT2D eigenvalue weighted by molar-refractivity contribution is 5.82. The van der Waals surface area contributed by atoms with Crippen LogP contribution in [0.3, 0.4) is 0 Å². The zero-order chi connectivity index (χ0) is 17.5. The van der Waals surface area contributed by atoms with Gasteiger partial charge in [0.15, 0.2) is 0 Å². The van der Waals surface area contributed by atoms with Crippen molar-refractivity contribution in [3.05, 3.63) is 35.9 Å². The molecule has 24 heavy (non-hydrogen) atoms. The van der Waals surface area contributed by atoms with E-state index >= 15 is 0 Å². The maximum atomic E-state index is 12.3. The van der Waals surface area contributed by atoms with Crippen LogP contribution in [-0.2, 0) is 16.0 Å². The van der Waals surface area contributed by atoms with Gasteiger partial charge in [0.05, 0.1) is 6.04 Å². The summed E-state index contributed by atoms with van der Waals surface area (Å²) in [6.45, 7) is 5.31. The first kappa shape index (κ1) is 18.5. The summed E-state index contributed by atoms with van der Waals surface area (Å²) in [5, 5.41) is 2.99. The average Bonchev–Trinajstić information content (AvgIpc) is 3.07. The van der Waals surface area contributed by atoms with Gasteiger partial charge in [-0.2, -0.15) is 0 Å². The van der Waals surface area contributed by atoms with Crippen molar-refractivity contribution >= 4 is 11.8 Å². The van der Waals surface area contributed by atoms with E-state index in [9.17, 15) is 9.59 Å². The largest absolute Gasteiger partial charge is 0.350 e. The molecule has 0 spiro atoms. The van der Waals surface area contributed by atoms with Crippen LogP contribution in [0.2, 0.25) is 0 Å². The number of carbonyl (C=O) groups excluding carboxylic acids is 2. The molecule has 0 saturated carbocycles. The fourth-order valence-corrected chi connectivity index (χ4v) is 2.97. The van der Waals surface area contributed by atoms with Gasteiger partial charge in [0.25, 0.3) is 0 Å². The summed E-state index contributed by atoms with van der Waals surface area (Å²) in [5.74, 6) is 0.213. The number of nitrogens with two attached hydrogens (primary N) is 1. The number of aryl methyl sites for hydroxylation is 1. The van der Waals surface area contributed by atoms with Crippen molar-refractivity contribution in [2.75, 3.05) is 13.1 Å². The van der Waals surface area contributed by atoms with Crippen LogP contribution in [0, 0.1) is 5.92 Å². The van der Waals surface area contributed by atoms with Crippen LogP contribution < -0.4 is 11.1 Å². The highest BCUT2D eigenvalue weighted by Gasteiger charge is 2.29. The fourth-order valence-electron chi connectivity index (χ4n) is 2.97. The monoisotopic (exact) mass is 331 g/mol. The highest BCUT2D eigenvalue weighted by atomic mass is 16.2. The summed E-state index contributed by atoms with van der Waals surface area (Å²) < 4.78 is 0. The molecular weight excluding hydrogens is 302 g/mol. The van der Waals surface area contributed by atoms with Crippen LogP contribution in [0.5, 0.6) is 0 Å². The number of nitrogens with zero attached hydrogens (tertiary/aromatic N) is 1. The van der Waals surface area contributed by atoms with Crippen molar-refractivity contribution in [1.29, 1.82) is 0 Å². The number of nitrogens with one attached hydrogen (secondary N) is 1. The SMILES string of the molecule is CCC(C)C(N)C(=O)NC1CCN(C(=O)CCc2ccccc2)C1. The molecule has 1 heterocycles. The Morgan fingerprint density at radius 1 is 1.33 bits per heavy atom. The average molecular weight is 331 g/mol. The Morgan fingerprint density at radius 2 is 2.04 bits per heavy atom. The van der Waals surface area contributed by atoms with Crippen molar-refractivity contribution in [2.45, 2.75) is 51.6 Å². The van der Waals surface area contributed by atoms with Gasteiger partial charge in [0.1, 0.15) is 0 Å². The second kappa shape index (κ2) is 8.83. The maximum Gasteiger partial charge on any atom is 0.237 e. The molecule has 0 bridgehead atoms. The van der Waals surface area contributed by atoms with Crippen LogP contribution in [0.15, 0.2) is 30.3 Å². The minimum absolute atomic E-state index is 0.0216. The first-order valence-corrected chi connectivity index (χ1v) is 8.89. The van der Waals surface area contributed by atoms with Crippen molar-refractivity contribution in [1.82, 2.24) is 10.2 Å². The van der Waals surface area contributed by atoms with Gasteiger partial charge >= 0.3 is 0 Å². The lowest BCUT2D eigenvalue weighted by Gasteiger charge is -2.21. The quantitative estimate of drug-likeness (QED) is 0.799. The fraction of sp³-hybridized carbons (Fsp3) is 0.579. The lowest BCUT2D eigenvalue weighted by atomic mass is 9.99. The number of rotatable bonds is 7. The van der Waals surface area contributed by atoms with Gasteiger partial charge in [-0.25, -0.2) is 0 Å². The lowest BCUT2D eigenvalue weighted by molar-refractivity contribution is -0.130. The van der Waals surface area contributed by atoms with Gasteiger partial charge < -0.3 is 16.0 Å². The number of hydrogen-bond donors (Lipinski definition) is 2. The number of hydrogen-bond acceptors (Lipinski definition) is 3. The van der Waals surface area contributed by atoms with E-state index in [-0.39, 0.29) is 23.8 Å². The Balaban J connectivity index is 1.76. The third-order valence-corrected chi connectivity index (χ3v) is 4.92. The summed E-state index contributed by atoms with van der Waals surface area (Å²) in [5.41, 5.74) is 7.14. The molecule has 132 valence electrons. The first-order valence-electron chi connectivity index (χ1n) is 8.89. The molecule has 3 unspecified atom stereocenters. The molecule has 1 aromatic rings. The van der Waals surface area contributed by atoms with Crippen LogP contribution in [0.1, 0.15) is 38.7 Å². The molecule has 1 aliphatic heterocycles. The van der Waals surface area contributed by atoms with E-state index in [0.29, 0.717) is 19.5 Å². The predicted octanol–water partition coefficient (Wildman–Crippen LogP) is 1.71. The number of amides is 2. The molecule has 0 radical (unpaired) electrons. The number of carbonyl (C=O) groups is 2. The molecule has 2 amide bonds. The lowest BCUT2D eigenvalue weighted by Crippen LogP contribution is -2.49. The Morgan fingerprint density at radius 3 is 2.71 bits per heavy atom. The summed E-state index contributed by atoms with van der Waals surface area (Å²) in [6.07, 6.45) is 2.95. The van der Waals surface area contributed by atoms with E-state index in [2.05, 4.69) is 5.32 Å². The summed E-state index contributed by atoms with van der Waals surface area (Å²) in [4.78, 5) is 26.3. The van der Waals surface area contributed by atoms with Crippen LogP contribution in [-0.4, -0.2) is 41.9 Å². The molecule has 0 aliphatic carbocycles. The van der Waals surface area contributed by atoms with Crippen molar-refractivity contribution < 1.29 is 9.59 Å². The molecular formula is C19H29N3O2. The summed E-state index contributed by atoms with van der Waals surface area (Å²) >= 11 is 0. The smallest absolute Gasteiger partial charge is 0.237 e. The van der Waals surface area contributed by atoms with Crippen molar-refractivity contribution in [2.24, 2.45) is 11.7 Å². The van der Waals surface area contributed by atoms with Gasteiger partial charge in [-0.1, -0.05) is 50.6 Å². The standard InChI is InChI=1S/C19H29N3O2/c1-3-14(2)18(20)19(24)21-16-11-12-22(13-16)17(23)10-9-15-7-5-4-6-8-15/h4-8,14,16,18H,3,9-13,20H2,1-2H3,(H,21,24). The van der Waals surface area contributed by atoms with Crippen LogP contribution in [0.4, 0.5) is 0 Å². The number of likely N-dealkylation sites (tertiary alicyclic amines) is 1. The van der Waals surface area contributed by atoms with Crippen LogP contribution in [0.25, 0.3) is 0 Å². The minimum Gasteiger partial charge on any atom is -0.350 e. The topological polar surface area (TPSA) is 75.4 Å². The zero-order valence-corrected chi connectivity index (χ0v) is 14.7.